The zero-order chi connectivity index (χ0) is 24.7. The molecule has 2 aromatic rings. The molecule has 0 aliphatic carbocycles. The number of hydrogen-bond acceptors (Lipinski definition) is 6. The quantitative estimate of drug-likeness (QED) is 0.551. The summed E-state index contributed by atoms with van der Waals surface area (Å²) >= 11 is 0. The van der Waals surface area contributed by atoms with Crippen LogP contribution in [0.4, 0.5) is 0 Å². The Bertz CT molecular complexity index is 1140. The highest BCUT2D eigenvalue weighted by molar-refractivity contribution is 7.89. The van der Waals surface area contributed by atoms with Gasteiger partial charge in [-0.3, -0.25) is 20.4 Å². The molecule has 1 saturated heterocycles. The molecular formula is C24H31N3O6S. The smallest absolute Gasteiger partial charge is 0.270 e. The molecule has 1 fully saturated rings. The third kappa shape index (κ3) is 5.87. The molecule has 3 rings (SSSR count). The lowest BCUT2D eigenvalue weighted by Crippen LogP contribution is -2.42. The number of ether oxygens (including phenoxy) is 2. The Hall–Kier alpha value is -3.11. The predicted molar refractivity (Wildman–Crippen MR) is 128 cm³/mol. The lowest BCUT2D eigenvalue weighted by molar-refractivity contribution is 0.0846. The van der Waals surface area contributed by atoms with Crippen molar-refractivity contribution in [1.82, 2.24) is 15.2 Å². The zero-order valence-electron chi connectivity index (χ0n) is 19.7. The number of rotatable bonds is 8. The molecule has 2 aromatic carbocycles. The van der Waals surface area contributed by atoms with Gasteiger partial charge in [0.2, 0.25) is 10.0 Å². The highest BCUT2D eigenvalue weighted by atomic mass is 32.2. The van der Waals surface area contributed by atoms with E-state index in [4.69, 9.17) is 9.47 Å². The van der Waals surface area contributed by atoms with Crippen molar-refractivity contribution in [3.8, 4) is 11.5 Å². The van der Waals surface area contributed by atoms with Crippen molar-refractivity contribution in [2.45, 2.75) is 44.4 Å². The van der Waals surface area contributed by atoms with Gasteiger partial charge in [0.05, 0.1) is 18.6 Å². The first-order valence-electron chi connectivity index (χ1n) is 11.3. The average Bonchev–Trinajstić information content (AvgIpc) is 2.86. The van der Waals surface area contributed by atoms with Crippen molar-refractivity contribution in [2.24, 2.45) is 0 Å². The maximum atomic E-state index is 13.0. The number of methoxy groups -OCH3 is 1. The molecular weight excluding hydrogens is 458 g/mol. The maximum absolute atomic E-state index is 13.0. The number of benzene rings is 2. The summed E-state index contributed by atoms with van der Waals surface area (Å²) in [4.78, 5) is 25.4. The first-order chi connectivity index (χ1) is 16.3. The minimum Gasteiger partial charge on any atom is -0.493 e. The van der Waals surface area contributed by atoms with Crippen LogP contribution in [0.2, 0.25) is 0 Å². The Labute approximate surface area is 200 Å². The van der Waals surface area contributed by atoms with Crippen molar-refractivity contribution < 1.29 is 27.5 Å². The van der Waals surface area contributed by atoms with Crippen molar-refractivity contribution in [3.05, 3.63) is 53.1 Å². The molecule has 0 atom stereocenters. The van der Waals surface area contributed by atoms with Gasteiger partial charge >= 0.3 is 0 Å². The van der Waals surface area contributed by atoms with E-state index in [-0.39, 0.29) is 16.0 Å². The van der Waals surface area contributed by atoms with Crippen molar-refractivity contribution in [1.29, 1.82) is 0 Å². The summed E-state index contributed by atoms with van der Waals surface area (Å²) in [5.41, 5.74) is 5.74. The van der Waals surface area contributed by atoms with Gasteiger partial charge in [0, 0.05) is 24.2 Å². The number of nitrogens with zero attached hydrogens (tertiary/aromatic N) is 1. The van der Waals surface area contributed by atoms with Crippen molar-refractivity contribution in [3.63, 3.8) is 0 Å². The Balaban J connectivity index is 1.71. The Morgan fingerprint density at radius 2 is 1.68 bits per heavy atom. The fraction of sp³-hybridized carbons (Fsp3) is 0.417. The van der Waals surface area contributed by atoms with E-state index in [1.54, 1.807) is 25.1 Å². The number of carbonyl (C=O) groups is 2. The third-order valence-electron chi connectivity index (χ3n) is 5.58. The van der Waals surface area contributed by atoms with Crippen LogP contribution in [0.25, 0.3) is 0 Å². The predicted octanol–water partition coefficient (Wildman–Crippen LogP) is 3.04. The fourth-order valence-electron chi connectivity index (χ4n) is 3.65. The number of nitrogens with one attached hydrogen (secondary N) is 2. The molecule has 0 bridgehead atoms. The van der Waals surface area contributed by atoms with Crippen LogP contribution in [0.15, 0.2) is 41.3 Å². The molecule has 9 nitrogen and oxygen atoms in total. The molecule has 0 radical (unpaired) electrons. The summed E-state index contributed by atoms with van der Waals surface area (Å²) in [6.07, 6.45) is 3.48. The van der Waals surface area contributed by atoms with Crippen LogP contribution in [0.5, 0.6) is 11.5 Å². The fourth-order valence-corrected chi connectivity index (χ4v) is 5.20. The summed E-state index contributed by atoms with van der Waals surface area (Å²) in [5.74, 6) is -0.244. The van der Waals surface area contributed by atoms with Gasteiger partial charge in [-0.15, -0.1) is 0 Å². The summed E-state index contributed by atoms with van der Waals surface area (Å²) in [6.45, 7) is 5.15. The van der Waals surface area contributed by atoms with Crippen LogP contribution in [0.3, 0.4) is 0 Å². The van der Waals surface area contributed by atoms with E-state index >= 15 is 0 Å². The van der Waals surface area contributed by atoms with E-state index < -0.39 is 21.8 Å². The molecule has 0 unspecified atom stereocenters. The van der Waals surface area contributed by atoms with E-state index in [9.17, 15) is 18.0 Å². The van der Waals surface area contributed by atoms with E-state index in [1.165, 1.54) is 29.6 Å². The first-order valence-corrected chi connectivity index (χ1v) is 12.7. The number of hydrogen-bond donors (Lipinski definition) is 2. The van der Waals surface area contributed by atoms with Gasteiger partial charge in [-0.2, -0.15) is 4.31 Å². The summed E-state index contributed by atoms with van der Waals surface area (Å²) in [6, 6.07) is 9.15. The number of aryl methyl sites for hydroxylation is 1. The number of sulfonamides is 1. The van der Waals surface area contributed by atoms with Gasteiger partial charge in [0.1, 0.15) is 0 Å². The molecule has 0 spiro atoms. The van der Waals surface area contributed by atoms with Crippen LogP contribution in [-0.2, 0) is 10.0 Å². The van der Waals surface area contributed by atoms with Crippen LogP contribution in [0, 0.1) is 6.92 Å². The van der Waals surface area contributed by atoms with Gasteiger partial charge in [-0.25, -0.2) is 8.42 Å². The van der Waals surface area contributed by atoms with Crippen LogP contribution >= 0.6 is 0 Å². The minimum atomic E-state index is -3.69. The average molecular weight is 490 g/mol. The van der Waals surface area contributed by atoms with Crippen LogP contribution in [0.1, 0.15) is 58.9 Å². The second-order valence-electron chi connectivity index (χ2n) is 8.06. The lowest BCUT2D eigenvalue weighted by Gasteiger charge is -2.26. The Morgan fingerprint density at radius 3 is 2.35 bits per heavy atom. The first kappa shape index (κ1) is 25.5. The van der Waals surface area contributed by atoms with E-state index in [2.05, 4.69) is 10.9 Å². The second-order valence-corrected chi connectivity index (χ2v) is 10.0. The van der Waals surface area contributed by atoms with Gasteiger partial charge in [0.25, 0.3) is 11.8 Å². The van der Waals surface area contributed by atoms with Crippen molar-refractivity contribution >= 4 is 21.8 Å². The summed E-state index contributed by atoms with van der Waals surface area (Å²) in [5, 5.41) is 0. The molecule has 2 N–H and O–H groups in total. The highest BCUT2D eigenvalue weighted by Crippen LogP contribution is 2.28. The molecule has 1 aliphatic rings. The van der Waals surface area contributed by atoms with Gasteiger partial charge in [-0.05, 0) is 62.1 Å². The van der Waals surface area contributed by atoms with E-state index in [0.29, 0.717) is 36.8 Å². The van der Waals surface area contributed by atoms with E-state index in [1.807, 2.05) is 6.92 Å². The molecule has 0 saturated carbocycles. The minimum absolute atomic E-state index is 0.0591. The van der Waals surface area contributed by atoms with Gasteiger partial charge in [0.15, 0.2) is 11.5 Å². The van der Waals surface area contributed by atoms with Crippen LogP contribution < -0.4 is 20.3 Å². The standard InChI is InChI=1S/C24H31N3O6S/c1-4-14-33-21-11-9-18(15-22(21)32-3)23(28)25-26-24(29)20-16-19(10-8-17(20)2)34(30,31)27-12-6-5-7-13-27/h8-11,15-16H,4-7,12-14H2,1-3H3,(H,25,28)(H,26,29). The molecule has 1 aliphatic heterocycles. The number of amides is 2. The zero-order valence-corrected chi connectivity index (χ0v) is 20.5. The van der Waals surface area contributed by atoms with Gasteiger partial charge in [-0.1, -0.05) is 19.4 Å². The van der Waals surface area contributed by atoms with Crippen molar-refractivity contribution in [2.75, 3.05) is 26.8 Å². The van der Waals surface area contributed by atoms with Gasteiger partial charge < -0.3 is 9.47 Å². The largest absolute Gasteiger partial charge is 0.493 e. The molecule has 184 valence electrons. The number of carbonyl (C=O) groups excluding carboxylic acids is 2. The summed E-state index contributed by atoms with van der Waals surface area (Å²) < 4.78 is 38.3. The second kappa shape index (κ2) is 11.3. The third-order valence-corrected chi connectivity index (χ3v) is 7.48. The SMILES string of the molecule is CCCOc1ccc(C(=O)NNC(=O)c2cc(S(=O)(=O)N3CCCCC3)ccc2C)cc1OC. The molecule has 34 heavy (non-hydrogen) atoms. The molecule has 0 aromatic heterocycles. The monoisotopic (exact) mass is 489 g/mol. The highest BCUT2D eigenvalue weighted by Gasteiger charge is 2.27. The number of hydrazine groups is 1. The van der Waals surface area contributed by atoms with E-state index in [0.717, 1.165) is 25.7 Å². The summed E-state index contributed by atoms with van der Waals surface area (Å²) in [7, 11) is -2.21. The molecule has 2 amide bonds. The van der Waals surface area contributed by atoms with Crippen LogP contribution in [-0.4, -0.2) is 51.3 Å². The lowest BCUT2D eigenvalue weighted by atomic mass is 10.1. The molecule has 1 heterocycles. The maximum Gasteiger partial charge on any atom is 0.270 e. The molecule has 10 heteroatoms. The topological polar surface area (TPSA) is 114 Å². The normalized spacial score (nSPS) is 14.3. The number of piperidine rings is 1. The Morgan fingerprint density at radius 1 is 0.971 bits per heavy atom. The Kier molecular flexibility index (Phi) is 8.51.